The Balaban J connectivity index is 2.54. The van der Waals surface area contributed by atoms with Crippen LogP contribution in [-0.2, 0) is 0 Å². The van der Waals surface area contributed by atoms with Crippen molar-refractivity contribution in [2.24, 2.45) is 0 Å². The summed E-state index contributed by atoms with van der Waals surface area (Å²) in [6.45, 7) is 2.19. The lowest BCUT2D eigenvalue weighted by Crippen LogP contribution is -2.19. The van der Waals surface area contributed by atoms with E-state index in [1.54, 1.807) is 7.05 Å². The van der Waals surface area contributed by atoms with Crippen LogP contribution in [0.15, 0.2) is 16.6 Å². The third-order valence-electron chi connectivity index (χ3n) is 3.59. The zero-order valence-corrected chi connectivity index (χ0v) is 13.9. The summed E-state index contributed by atoms with van der Waals surface area (Å²) < 4.78 is 28.3. The predicted octanol–water partition coefficient (Wildman–Crippen LogP) is 5.74. The number of halogens is 3. The summed E-state index contributed by atoms with van der Waals surface area (Å²) in [7, 11) is 1.75. The van der Waals surface area contributed by atoms with Crippen LogP contribution in [0.5, 0.6) is 0 Å². The fraction of sp³-hybridized carbons (Fsp3) is 0.625. The molecule has 0 amide bonds. The van der Waals surface area contributed by atoms with Crippen LogP contribution in [0.25, 0.3) is 0 Å². The highest BCUT2D eigenvalue weighted by Crippen LogP contribution is 2.28. The molecule has 0 bridgehead atoms. The van der Waals surface area contributed by atoms with Gasteiger partial charge in [-0.1, -0.05) is 61.4 Å². The van der Waals surface area contributed by atoms with E-state index in [0.29, 0.717) is 4.47 Å². The van der Waals surface area contributed by atoms with Crippen LogP contribution in [0.1, 0.15) is 63.5 Å². The largest absolute Gasteiger partial charge is 0.313 e. The Hall–Kier alpha value is -0.480. The van der Waals surface area contributed by atoms with Gasteiger partial charge in [-0.2, -0.15) is 0 Å². The fourth-order valence-electron chi connectivity index (χ4n) is 2.45. The van der Waals surface area contributed by atoms with Gasteiger partial charge >= 0.3 is 0 Å². The second-order valence-electron chi connectivity index (χ2n) is 5.18. The fourth-order valence-corrected chi connectivity index (χ4v) is 2.85. The molecule has 0 saturated heterocycles. The van der Waals surface area contributed by atoms with Crippen molar-refractivity contribution in [1.82, 2.24) is 5.32 Å². The minimum Gasteiger partial charge on any atom is -0.313 e. The van der Waals surface area contributed by atoms with E-state index < -0.39 is 11.6 Å². The SMILES string of the molecule is CCCCCCCCC(NC)c1c(F)cc(Br)cc1F. The van der Waals surface area contributed by atoms with E-state index in [0.717, 1.165) is 19.3 Å². The first-order chi connectivity index (χ1) is 9.60. The maximum absolute atomic E-state index is 13.9. The van der Waals surface area contributed by atoms with Gasteiger partial charge in [0.25, 0.3) is 0 Å². The lowest BCUT2D eigenvalue weighted by molar-refractivity contribution is 0.450. The predicted molar refractivity (Wildman–Crippen MR) is 83.9 cm³/mol. The molecule has 0 radical (unpaired) electrons. The molecule has 0 heterocycles. The van der Waals surface area contributed by atoms with Gasteiger partial charge < -0.3 is 5.32 Å². The number of rotatable bonds is 9. The molecule has 1 N–H and O–H groups in total. The lowest BCUT2D eigenvalue weighted by Gasteiger charge is -2.18. The van der Waals surface area contributed by atoms with Gasteiger partial charge in [0.05, 0.1) is 0 Å². The molecule has 1 nitrogen and oxygen atoms in total. The number of nitrogens with one attached hydrogen (secondary N) is 1. The van der Waals surface area contributed by atoms with E-state index in [2.05, 4.69) is 28.2 Å². The van der Waals surface area contributed by atoms with Crippen molar-refractivity contribution in [3.05, 3.63) is 33.8 Å². The highest BCUT2D eigenvalue weighted by molar-refractivity contribution is 9.10. The Morgan fingerprint density at radius 2 is 1.60 bits per heavy atom. The number of benzene rings is 1. The van der Waals surface area contributed by atoms with Crippen LogP contribution in [0.3, 0.4) is 0 Å². The Kier molecular flexibility index (Phi) is 8.31. The molecular weight excluding hydrogens is 324 g/mol. The standard InChI is InChI=1S/C16H24BrF2N/c1-3-4-5-6-7-8-9-15(20-2)16-13(18)10-12(17)11-14(16)19/h10-11,15,20H,3-9H2,1-2H3. The third-order valence-corrected chi connectivity index (χ3v) is 4.04. The van der Waals surface area contributed by atoms with E-state index in [9.17, 15) is 8.78 Å². The maximum atomic E-state index is 13.9. The van der Waals surface area contributed by atoms with Crippen LogP contribution in [0.4, 0.5) is 8.78 Å². The smallest absolute Gasteiger partial charge is 0.132 e. The molecule has 0 aliphatic carbocycles. The van der Waals surface area contributed by atoms with Crippen LogP contribution in [-0.4, -0.2) is 7.05 Å². The summed E-state index contributed by atoms with van der Waals surface area (Å²) in [4.78, 5) is 0. The highest BCUT2D eigenvalue weighted by atomic mass is 79.9. The van der Waals surface area contributed by atoms with Gasteiger partial charge in [0.2, 0.25) is 0 Å². The monoisotopic (exact) mass is 347 g/mol. The Morgan fingerprint density at radius 1 is 1.05 bits per heavy atom. The summed E-state index contributed by atoms with van der Waals surface area (Å²) in [5.41, 5.74) is 0.157. The number of unbranched alkanes of at least 4 members (excludes halogenated alkanes) is 5. The summed E-state index contributed by atoms with van der Waals surface area (Å²) in [5.74, 6) is -0.968. The average molecular weight is 348 g/mol. The highest BCUT2D eigenvalue weighted by Gasteiger charge is 2.19. The van der Waals surface area contributed by atoms with Gasteiger partial charge in [0.1, 0.15) is 11.6 Å². The minimum atomic E-state index is -0.484. The van der Waals surface area contributed by atoms with Crippen molar-refractivity contribution < 1.29 is 8.78 Å². The first-order valence-electron chi connectivity index (χ1n) is 7.41. The molecule has 0 aliphatic heterocycles. The van der Waals surface area contributed by atoms with Gasteiger partial charge in [-0.3, -0.25) is 0 Å². The summed E-state index contributed by atoms with van der Waals surface area (Å²) in [5, 5.41) is 3.03. The van der Waals surface area contributed by atoms with E-state index in [-0.39, 0.29) is 11.6 Å². The quantitative estimate of drug-likeness (QED) is 0.561. The third kappa shape index (κ3) is 5.49. The summed E-state index contributed by atoms with van der Waals surface area (Å²) >= 11 is 3.11. The van der Waals surface area contributed by atoms with Gasteiger partial charge in [-0.05, 0) is 25.6 Å². The zero-order valence-electron chi connectivity index (χ0n) is 12.3. The second kappa shape index (κ2) is 9.46. The Bertz CT molecular complexity index is 386. The number of hydrogen-bond acceptors (Lipinski definition) is 1. The van der Waals surface area contributed by atoms with Crippen LogP contribution in [0.2, 0.25) is 0 Å². The normalized spacial score (nSPS) is 12.7. The van der Waals surface area contributed by atoms with Crippen molar-refractivity contribution in [2.45, 2.75) is 57.9 Å². The minimum absolute atomic E-state index is 0.157. The van der Waals surface area contributed by atoms with Gasteiger partial charge in [0.15, 0.2) is 0 Å². The Morgan fingerprint density at radius 3 is 2.15 bits per heavy atom. The van der Waals surface area contributed by atoms with Gasteiger partial charge in [-0.25, -0.2) is 8.78 Å². The molecule has 4 heteroatoms. The first kappa shape index (κ1) is 17.6. The van der Waals surface area contributed by atoms with Gasteiger partial charge in [-0.15, -0.1) is 0 Å². The lowest BCUT2D eigenvalue weighted by atomic mass is 9.98. The van der Waals surface area contributed by atoms with Crippen LogP contribution in [0, 0.1) is 11.6 Å². The van der Waals surface area contributed by atoms with E-state index in [1.165, 1.54) is 37.8 Å². The molecule has 1 unspecified atom stereocenters. The molecule has 0 spiro atoms. The maximum Gasteiger partial charge on any atom is 0.132 e. The first-order valence-corrected chi connectivity index (χ1v) is 8.21. The molecule has 1 rings (SSSR count). The molecule has 0 saturated carbocycles. The van der Waals surface area contributed by atoms with Crippen LogP contribution < -0.4 is 5.32 Å². The molecule has 0 aromatic heterocycles. The molecule has 0 aliphatic rings. The topological polar surface area (TPSA) is 12.0 Å². The van der Waals surface area contributed by atoms with Crippen molar-refractivity contribution in [3.63, 3.8) is 0 Å². The van der Waals surface area contributed by atoms with Crippen molar-refractivity contribution in [2.75, 3.05) is 7.05 Å². The van der Waals surface area contributed by atoms with E-state index in [1.807, 2.05) is 0 Å². The summed E-state index contributed by atoms with van der Waals surface area (Å²) in [6.07, 6.45) is 7.83. The van der Waals surface area contributed by atoms with Gasteiger partial charge in [0, 0.05) is 16.1 Å². The molecule has 20 heavy (non-hydrogen) atoms. The van der Waals surface area contributed by atoms with E-state index in [4.69, 9.17) is 0 Å². The molecule has 0 fully saturated rings. The molecule has 1 atom stereocenters. The number of hydrogen-bond donors (Lipinski definition) is 1. The molecule has 1 aromatic rings. The summed E-state index contributed by atoms with van der Waals surface area (Å²) in [6, 6.07) is 2.39. The second-order valence-corrected chi connectivity index (χ2v) is 6.10. The van der Waals surface area contributed by atoms with Crippen molar-refractivity contribution in [1.29, 1.82) is 0 Å². The Labute approximate surface area is 129 Å². The van der Waals surface area contributed by atoms with Crippen LogP contribution >= 0.6 is 15.9 Å². The molecular formula is C16H24BrF2N. The zero-order chi connectivity index (χ0) is 15.0. The van der Waals surface area contributed by atoms with E-state index >= 15 is 0 Å². The van der Waals surface area contributed by atoms with Crippen molar-refractivity contribution in [3.8, 4) is 0 Å². The average Bonchev–Trinajstić information content (AvgIpc) is 2.39. The van der Waals surface area contributed by atoms with Crippen molar-refractivity contribution >= 4 is 15.9 Å². The molecule has 1 aromatic carbocycles. The molecule has 114 valence electrons.